The lowest BCUT2D eigenvalue weighted by atomic mass is 9.95. The Bertz CT molecular complexity index is 998. The molecule has 154 valence electrons. The molecule has 0 radical (unpaired) electrons. The van der Waals surface area contributed by atoms with Crippen LogP contribution < -0.4 is 0 Å². The van der Waals surface area contributed by atoms with E-state index >= 15 is 0 Å². The van der Waals surface area contributed by atoms with Crippen LogP contribution in [-0.2, 0) is 18.7 Å². The maximum Gasteiger partial charge on any atom is 0.134 e. The minimum absolute atomic E-state index is 0.0710. The molecule has 0 saturated carbocycles. The lowest BCUT2D eigenvalue weighted by Gasteiger charge is -2.21. The van der Waals surface area contributed by atoms with Gasteiger partial charge in [-0.3, -0.25) is 4.98 Å². The largest absolute Gasteiger partial charge is 0.264 e. The lowest BCUT2D eigenvalue weighted by Crippen LogP contribution is -2.16. The molecule has 0 atom stereocenters. The van der Waals surface area contributed by atoms with Gasteiger partial charge in [0.05, 0.1) is 5.69 Å². The Morgan fingerprint density at radius 3 is 2.28 bits per heavy atom. The highest BCUT2D eigenvalue weighted by molar-refractivity contribution is 14.2. The van der Waals surface area contributed by atoms with Crippen molar-refractivity contribution in [2.24, 2.45) is 0 Å². The van der Waals surface area contributed by atoms with E-state index in [9.17, 15) is 0 Å². The zero-order valence-corrected chi connectivity index (χ0v) is 22.9. The summed E-state index contributed by atoms with van der Waals surface area (Å²) in [5, 5.41) is 0. The fraction of sp³-hybridized carbons (Fsp3) is 0.435. The van der Waals surface area contributed by atoms with Crippen LogP contribution in [0.3, 0.4) is 0 Å². The van der Waals surface area contributed by atoms with Gasteiger partial charge in [-0.1, -0.05) is 86.7 Å². The number of nitrogens with zero attached hydrogens (tertiary/aromatic N) is 3. The van der Waals surface area contributed by atoms with Crippen molar-refractivity contribution in [2.75, 3.05) is 0 Å². The summed E-state index contributed by atoms with van der Waals surface area (Å²) in [6.45, 7) is 13.2. The molecule has 0 aliphatic carbocycles. The molecule has 0 spiro atoms. The quantitative estimate of drug-likeness (QED) is 0.222. The summed E-state index contributed by atoms with van der Waals surface area (Å²) in [7, 11) is 0. The number of alkyl halides is 2. The smallest absolute Gasteiger partial charge is 0.134 e. The van der Waals surface area contributed by atoms with Crippen molar-refractivity contribution < 1.29 is 0 Å². The van der Waals surface area contributed by atoms with Crippen molar-refractivity contribution in [3.05, 3.63) is 64.0 Å². The first-order chi connectivity index (χ1) is 13.4. The van der Waals surface area contributed by atoms with E-state index in [2.05, 4.69) is 115 Å². The minimum atomic E-state index is -0.0821. The maximum atomic E-state index is 4.80. The van der Waals surface area contributed by atoms with E-state index in [1.54, 1.807) is 0 Å². The monoisotopic (exact) mass is 631 g/mol. The van der Waals surface area contributed by atoms with E-state index in [0.717, 1.165) is 23.5 Å². The number of hydrogen-bond donors (Lipinski definition) is 0. The fourth-order valence-electron chi connectivity index (χ4n) is 2.86. The molecule has 6 heteroatoms. The Labute approximate surface area is 205 Å². The van der Waals surface area contributed by atoms with Gasteiger partial charge < -0.3 is 0 Å². The summed E-state index contributed by atoms with van der Waals surface area (Å²) in [6, 6.07) is 8.73. The van der Waals surface area contributed by atoms with Crippen molar-refractivity contribution in [3.63, 3.8) is 0 Å². The number of pyridine rings is 1. The van der Waals surface area contributed by atoms with Crippen LogP contribution in [0, 0.1) is 0 Å². The van der Waals surface area contributed by atoms with Gasteiger partial charge >= 0.3 is 0 Å². The molecule has 0 fully saturated rings. The van der Waals surface area contributed by atoms with Crippen molar-refractivity contribution in [2.45, 2.75) is 60.2 Å². The third-order valence-corrected chi connectivity index (χ3v) is 8.10. The van der Waals surface area contributed by atoms with Crippen LogP contribution >= 0.6 is 56.5 Å². The molecule has 0 bridgehead atoms. The molecular formula is C23H27I2N3S. The van der Waals surface area contributed by atoms with Gasteiger partial charge in [0, 0.05) is 45.7 Å². The van der Waals surface area contributed by atoms with Gasteiger partial charge in [-0.25, -0.2) is 9.97 Å². The summed E-state index contributed by atoms with van der Waals surface area (Å²) in [4.78, 5) is 16.6. The van der Waals surface area contributed by atoms with E-state index in [-0.39, 0.29) is 12.3 Å². The molecule has 0 amide bonds. The molecule has 3 rings (SSSR count). The number of hydrogen-bond acceptors (Lipinski definition) is 4. The number of halogens is 2. The Hall–Kier alpha value is -0.610. The van der Waals surface area contributed by atoms with Gasteiger partial charge in [-0.15, -0.1) is 11.3 Å². The molecule has 0 N–H and O–H groups in total. The molecule has 3 aromatic rings. The predicted molar refractivity (Wildman–Crippen MR) is 140 cm³/mol. The normalized spacial score (nSPS) is 13.0. The number of aromatic nitrogens is 3. The van der Waals surface area contributed by atoms with Crippen LogP contribution in [-0.4, -0.2) is 15.0 Å². The van der Waals surface area contributed by atoms with E-state index < -0.39 is 0 Å². The average Bonchev–Trinajstić information content (AvgIpc) is 3.09. The first-order valence-electron chi connectivity index (χ1n) is 9.63. The molecule has 3 nitrogen and oxygen atoms in total. The fourth-order valence-corrected chi connectivity index (χ4v) is 5.94. The summed E-state index contributed by atoms with van der Waals surface area (Å²) in [5.74, 6) is 0.851. The van der Waals surface area contributed by atoms with Gasteiger partial charge in [0.25, 0.3) is 0 Å². The van der Waals surface area contributed by atoms with Gasteiger partial charge in [0.15, 0.2) is 0 Å². The standard InChI is InChI=1S/C23H27I2N3S/c1-21(2,3)19-8-7-17(29-19)12-23(24,25)16-11-15(13-26-14-16)18-9-10-27-20(28-18)22(4,5)6/h7-11,13-14H,12H2,1-6H3. The van der Waals surface area contributed by atoms with Crippen LogP contribution in [0.25, 0.3) is 11.3 Å². The van der Waals surface area contributed by atoms with Crippen molar-refractivity contribution in [3.8, 4) is 11.3 Å². The highest BCUT2D eigenvalue weighted by atomic mass is 127. The topological polar surface area (TPSA) is 38.7 Å². The molecule has 3 heterocycles. The van der Waals surface area contributed by atoms with E-state index in [1.165, 1.54) is 15.3 Å². The first-order valence-corrected chi connectivity index (χ1v) is 12.6. The minimum Gasteiger partial charge on any atom is -0.264 e. The lowest BCUT2D eigenvalue weighted by molar-refractivity contribution is 0.546. The molecule has 0 aliphatic rings. The molecule has 0 aliphatic heterocycles. The molecular weight excluding hydrogens is 604 g/mol. The van der Waals surface area contributed by atoms with Crippen LogP contribution in [0.15, 0.2) is 42.9 Å². The zero-order chi connectivity index (χ0) is 21.4. The van der Waals surface area contributed by atoms with Gasteiger partial charge in [-0.05, 0) is 35.2 Å². The number of thiophene rings is 1. The molecule has 3 aromatic heterocycles. The zero-order valence-electron chi connectivity index (χ0n) is 17.8. The third-order valence-electron chi connectivity index (χ3n) is 4.58. The molecule has 0 aromatic carbocycles. The van der Waals surface area contributed by atoms with Crippen LogP contribution in [0.1, 0.15) is 62.7 Å². The van der Waals surface area contributed by atoms with Crippen LogP contribution in [0.2, 0.25) is 0 Å². The van der Waals surface area contributed by atoms with Gasteiger partial charge in [0.1, 0.15) is 7.25 Å². The van der Waals surface area contributed by atoms with Crippen LogP contribution in [0.4, 0.5) is 0 Å². The van der Waals surface area contributed by atoms with Crippen LogP contribution in [0.5, 0.6) is 0 Å². The van der Waals surface area contributed by atoms with E-state index in [0.29, 0.717) is 0 Å². The van der Waals surface area contributed by atoms with Gasteiger partial charge in [-0.2, -0.15) is 0 Å². The Balaban J connectivity index is 1.89. The predicted octanol–water partition coefficient (Wildman–Crippen LogP) is 7.46. The van der Waals surface area contributed by atoms with Crippen molar-refractivity contribution >= 4 is 56.5 Å². The van der Waals surface area contributed by atoms with E-state index in [4.69, 9.17) is 4.98 Å². The van der Waals surface area contributed by atoms with Crippen molar-refractivity contribution in [1.29, 1.82) is 0 Å². The second kappa shape index (κ2) is 8.49. The maximum absolute atomic E-state index is 4.80. The summed E-state index contributed by atoms with van der Waals surface area (Å²) in [5.41, 5.74) is 3.28. The third kappa shape index (κ3) is 5.76. The number of rotatable bonds is 4. The Kier molecular flexibility index (Phi) is 6.75. The summed E-state index contributed by atoms with van der Waals surface area (Å²) >= 11 is 7.02. The second-order valence-corrected chi connectivity index (χ2v) is 16.3. The van der Waals surface area contributed by atoms with E-state index in [1.807, 2.05) is 36.0 Å². The summed E-state index contributed by atoms with van der Waals surface area (Å²) < 4.78 is -0.0710. The highest BCUT2D eigenvalue weighted by Crippen LogP contribution is 2.44. The summed E-state index contributed by atoms with van der Waals surface area (Å²) in [6.07, 6.45) is 6.69. The first kappa shape index (κ1) is 23.1. The average molecular weight is 631 g/mol. The second-order valence-electron chi connectivity index (χ2n) is 9.37. The van der Waals surface area contributed by atoms with Gasteiger partial charge in [0.2, 0.25) is 0 Å². The van der Waals surface area contributed by atoms with Crippen molar-refractivity contribution in [1.82, 2.24) is 15.0 Å². The Morgan fingerprint density at radius 1 is 0.931 bits per heavy atom. The molecule has 0 saturated heterocycles. The Morgan fingerprint density at radius 2 is 1.66 bits per heavy atom. The molecule has 0 unspecified atom stereocenters. The highest BCUT2D eigenvalue weighted by Gasteiger charge is 2.28. The SMILES string of the molecule is CC(C)(C)c1nccc(-c2cncc(C(I)(I)Cc3ccc(C(C)(C)C)s3)c2)n1. The molecule has 29 heavy (non-hydrogen) atoms.